The van der Waals surface area contributed by atoms with E-state index in [0.717, 1.165) is 16.4 Å². The van der Waals surface area contributed by atoms with Crippen LogP contribution in [0, 0.1) is 23.6 Å². The predicted molar refractivity (Wildman–Crippen MR) is 110 cm³/mol. The quantitative estimate of drug-likeness (QED) is 0.675. The maximum absolute atomic E-state index is 14.4. The Hall–Kier alpha value is -2.73. The molecule has 3 atom stereocenters. The van der Waals surface area contributed by atoms with Crippen molar-refractivity contribution in [2.45, 2.75) is 32.7 Å². The Morgan fingerprint density at radius 2 is 1.73 bits per heavy atom. The third-order valence-corrected chi connectivity index (χ3v) is 6.26. The van der Waals surface area contributed by atoms with E-state index in [-0.39, 0.29) is 29.5 Å². The van der Waals surface area contributed by atoms with Crippen molar-refractivity contribution in [1.29, 1.82) is 0 Å². The van der Waals surface area contributed by atoms with Gasteiger partial charge in [-0.05, 0) is 55.5 Å². The first-order valence-electron chi connectivity index (χ1n) is 10.1. The van der Waals surface area contributed by atoms with Crippen LogP contribution in [0.2, 0.25) is 5.02 Å². The summed E-state index contributed by atoms with van der Waals surface area (Å²) in [5, 5.41) is 2.49. The lowest BCUT2D eigenvalue weighted by molar-refractivity contribution is -0.155. The number of hydrogen-bond acceptors (Lipinski definition) is 3. The van der Waals surface area contributed by atoms with Gasteiger partial charge in [0.05, 0.1) is 18.4 Å². The van der Waals surface area contributed by atoms with Gasteiger partial charge in [-0.3, -0.25) is 14.4 Å². The molecule has 2 aliphatic rings. The van der Waals surface area contributed by atoms with Gasteiger partial charge in [0.1, 0.15) is 5.82 Å². The third kappa shape index (κ3) is 3.72. The molecule has 7 heteroatoms. The average Bonchev–Trinajstić information content (AvgIpc) is 2.97. The van der Waals surface area contributed by atoms with Crippen LogP contribution in [0.5, 0.6) is 0 Å². The van der Waals surface area contributed by atoms with Crippen LogP contribution in [0.3, 0.4) is 0 Å². The van der Waals surface area contributed by atoms with Gasteiger partial charge in [0.25, 0.3) is 17.7 Å². The van der Waals surface area contributed by atoms with Crippen LogP contribution in [-0.4, -0.2) is 27.7 Å². The van der Waals surface area contributed by atoms with Gasteiger partial charge in [-0.25, -0.2) is 9.40 Å². The van der Waals surface area contributed by atoms with Gasteiger partial charge >= 0.3 is 0 Å². The van der Waals surface area contributed by atoms with E-state index in [9.17, 15) is 18.8 Å². The normalized spacial score (nSPS) is 23.4. The van der Waals surface area contributed by atoms with Gasteiger partial charge < -0.3 is 0 Å². The Bertz CT molecular complexity index is 994. The van der Waals surface area contributed by atoms with Crippen LogP contribution < -0.4 is 0 Å². The van der Waals surface area contributed by atoms with Gasteiger partial charge in [0.15, 0.2) is 0 Å². The summed E-state index contributed by atoms with van der Waals surface area (Å²) < 4.78 is 14.4. The Morgan fingerprint density at radius 3 is 2.43 bits per heavy atom. The summed E-state index contributed by atoms with van der Waals surface area (Å²) in [7, 11) is 0. The molecule has 4 rings (SSSR count). The highest BCUT2D eigenvalue weighted by Gasteiger charge is 2.52. The smallest absolute Gasteiger partial charge is 0.272 e. The van der Waals surface area contributed by atoms with Gasteiger partial charge in [0, 0.05) is 16.1 Å². The summed E-state index contributed by atoms with van der Waals surface area (Å²) in [4.78, 5) is 39.7. The first-order valence-corrected chi connectivity index (χ1v) is 10.4. The first kappa shape index (κ1) is 20.5. The number of fused-ring (bicyclic) bond motifs is 1. The zero-order valence-electron chi connectivity index (χ0n) is 16.6. The van der Waals surface area contributed by atoms with Crippen LogP contribution in [0.25, 0.3) is 0 Å². The molecule has 0 spiro atoms. The minimum Gasteiger partial charge on any atom is -0.272 e. The summed E-state index contributed by atoms with van der Waals surface area (Å²) in [6.07, 6.45) is 2.11. The highest BCUT2D eigenvalue weighted by Crippen LogP contribution is 2.41. The fourth-order valence-corrected chi connectivity index (χ4v) is 4.50. The molecule has 156 valence electrons. The fraction of sp³-hybridized carbons (Fsp3) is 0.348. The number of carbonyl (C=O) groups is 3. The lowest BCUT2D eigenvalue weighted by Gasteiger charge is -2.30. The maximum atomic E-state index is 14.4. The largest absolute Gasteiger partial charge is 0.273 e. The van der Waals surface area contributed by atoms with Crippen LogP contribution in [0.4, 0.5) is 4.39 Å². The average molecular weight is 429 g/mol. The van der Waals surface area contributed by atoms with Crippen LogP contribution in [0.1, 0.15) is 42.1 Å². The monoisotopic (exact) mass is 428 g/mol. The minimum absolute atomic E-state index is 0.222. The topological polar surface area (TPSA) is 57.7 Å². The number of hydrazine groups is 1. The Morgan fingerprint density at radius 1 is 1.07 bits per heavy atom. The lowest BCUT2D eigenvalue weighted by atomic mass is 9.76. The van der Waals surface area contributed by atoms with E-state index in [2.05, 4.69) is 6.92 Å². The van der Waals surface area contributed by atoms with Gasteiger partial charge in [-0.1, -0.05) is 36.7 Å². The van der Waals surface area contributed by atoms with Crippen molar-refractivity contribution in [3.63, 3.8) is 0 Å². The van der Waals surface area contributed by atoms with Crippen molar-refractivity contribution >= 4 is 29.3 Å². The molecule has 3 amide bonds. The predicted octanol–water partition coefficient (Wildman–Crippen LogP) is 4.46. The molecular weight excluding hydrogens is 407 g/mol. The Labute approximate surface area is 179 Å². The highest BCUT2D eigenvalue weighted by atomic mass is 35.5. The molecule has 0 aromatic heterocycles. The number of hydrogen-bond donors (Lipinski definition) is 0. The first-order chi connectivity index (χ1) is 14.4. The Kier molecular flexibility index (Phi) is 5.60. The van der Waals surface area contributed by atoms with E-state index in [0.29, 0.717) is 23.8 Å². The van der Waals surface area contributed by atoms with Gasteiger partial charge in [-0.2, -0.15) is 5.01 Å². The minimum atomic E-state index is -0.552. The SMILES string of the molecule is C[C@@H]1CC[C@@H]2C(=O)N(N(Cc3ccccc3F)C(=O)c3ccc(Cl)cc3)C(=O)[C@@H]2C1. The molecule has 30 heavy (non-hydrogen) atoms. The van der Waals surface area contributed by atoms with Crippen molar-refractivity contribution < 1.29 is 18.8 Å². The summed E-state index contributed by atoms with van der Waals surface area (Å²) in [5.41, 5.74) is 0.489. The zero-order valence-corrected chi connectivity index (χ0v) is 17.3. The van der Waals surface area contributed by atoms with Crippen molar-refractivity contribution in [1.82, 2.24) is 10.0 Å². The molecule has 0 bridgehead atoms. The lowest BCUT2D eigenvalue weighted by Crippen LogP contribution is -2.50. The second-order valence-electron chi connectivity index (χ2n) is 8.08. The number of amides is 3. The standard InChI is InChI=1S/C23H22ClFN2O3/c1-14-6-11-18-19(12-14)23(30)27(22(18)29)26(13-16-4-2-3-5-20(16)25)21(28)15-7-9-17(24)10-8-15/h2-5,7-10,14,18-19H,6,11-13H2,1H3/t14-,18+,19-/m1/s1. The summed E-state index contributed by atoms with van der Waals surface area (Å²) in [5.74, 6) is -2.32. The fourth-order valence-electron chi connectivity index (χ4n) is 4.37. The highest BCUT2D eigenvalue weighted by molar-refractivity contribution is 6.30. The molecule has 0 radical (unpaired) electrons. The second kappa shape index (κ2) is 8.19. The van der Waals surface area contributed by atoms with Crippen molar-refractivity contribution in [2.24, 2.45) is 17.8 Å². The van der Waals surface area contributed by atoms with E-state index in [1.54, 1.807) is 24.3 Å². The Balaban J connectivity index is 1.72. The number of imide groups is 1. The molecule has 0 N–H and O–H groups in total. The van der Waals surface area contributed by atoms with E-state index in [1.807, 2.05) is 0 Å². The number of benzene rings is 2. The van der Waals surface area contributed by atoms with E-state index >= 15 is 0 Å². The molecule has 2 aromatic rings. The van der Waals surface area contributed by atoms with Crippen molar-refractivity contribution in [3.8, 4) is 0 Å². The number of carbonyl (C=O) groups excluding carboxylic acids is 3. The molecule has 2 fully saturated rings. The third-order valence-electron chi connectivity index (χ3n) is 6.01. The van der Waals surface area contributed by atoms with E-state index in [4.69, 9.17) is 11.6 Å². The van der Waals surface area contributed by atoms with Crippen LogP contribution in [0.15, 0.2) is 48.5 Å². The number of halogens is 2. The van der Waals surface area contributed by atoms with E-state index < -0.39 is 23.6 Å². The van der Waals surface area contributed by atoms with Crippen LogP contribution >= 0.6 is 11.6 Å². The molecular formula is C23H22ClFN2O3. The zero-order chi connectivity index (χ0) is 21.4. The molecule has 1 aliphatic heterocycles. The van der Waals surface area contributed by atoms with Crippen LogP contribution in [-0.2, 0) is 16.1 Å². The second-order valence-corrected chi connectivity index (χ2v) is 8.52. The summed E-state index contributed by atoms with van der Waals surface area (Å²) in [6.45, 7) is 1.84. The molecule has 1 aliphatic carbocycles. The summed E-state index contributed by atoms with van der Waals surface area (Å²) in [6, 6.07) is 12.2. The van der Waals surface area contributed by atoms with Crippen molar-refractivity contribution in [3.05, 3.63) is 70.5 Å². The molecule has 0 unspecified atom stereocenters. The molecule has 2 aromatic carbocycles. The summed E-state index contributed by atoms with van der Waals surface area (Å²) >= 11 is 5.92. The molecule has 1 heterocycles. The van der Waals surface area contributed by atoms with Gasteiger partial charge in [0.2, 0.25) is 0 Å². The van der Waals surface area contributed by atoms with Gasteiger partial charge in [-0.15, -0.1) is 0 Å². The van der Waals surface area contributed by atoms with E-state index in [1.165, 1.54) is 24.3 Å². The maximum Gasteiger partial charge on any atom is 0.273 e. The number of nitrogens with zero attached hydrogens (tertiary/aromatic N) is 2. The number of rotatable bonds is 4. The van der Waals surface area contributed by atoms with Crippen molar-refractivity contribution in [2.75, 3.05) is 0 Å². The molecule has 1 saturated heterocycles. The molecule has 5 nitrogen and oxygen atoms in total. The molecule has 1 saturated carbocycles.